The summed E-state index contributed by atoms with van der Waals surface area (Å²) in [6.07, 6.45) is 1.28. The molecule has 0 atom stereocenters. The second-order valence-electron chi connectivity index (χ2n) is 8.16. The highest BCUT2D eigenvalue weighted by molar-refractivity contribution is 14.0. The summed E-state index contributed by atoms with van der Waals surface area (Å²) in [5.41, 5.74) is 6.37. The molecule has 0 bridgehead atoms. The highest BCUT2D eigenvalue weighted by atomic mass is 127. The quantitative estimate of drug-likeness (QED) is 0.347. The molecular weight excluding hydrogens is 528 g/mol. The SMILES string of the molecule is CC(C)(C)OC(=O)N1CCN(C(N)=NCc2cccnc2Oc2cccc(F)c2)CC1.I. The topological polar surface area (TPSA) is 93.3 Å². The Kier molecular flexibility index (Phi) is 9.05. The molecule has 174 valence electrons. The summed E-state index contributed by atoms with van der Waals surface area (Å²) in [5, 5.41) is 0. The standard InChI is InChI=1S/C22H28FN5O3.HI/c1-22(2,3)31-21(29)28-12-10-27(11-13-28)20(24)26-15-16-6-5-9-25-19(16)30-18-8-4-7-17(23)14-18;/h4-9,14H,10-13,15H2,1-3H3,(H2,24,26);1H. The first-order valence-corrected chi connectivity index (χ1v) is 10.1. The molecule has 1 amide bonds. The number of piperazine rings is 1. The zero-order valence-corrected chi connectivity index (χ0v) is 20.8. The van der Waals surface area contributed by atoms with Gasteiger partial charge in [-0.05, 0) is 39.0 Å². The molecule has 10 heteroatoms. The van der Waals surface area contributed by atoms with Crippen LogP contribution in [0, 0.1) is 5.82 Å². The number of rotatable bonds is 4. The third kappa shape index (κ3) is 7.50. The number of pyridine rings is 1. The van der Waals surface area contributed by atoms with Gasteiger partial charge in [-0.2, -0.15) is 0 Å². The van der Waals surface area contributed by atoms with Crippen LogP contribution in [0.4, 0.5) is 9.18 Å². The van der Waals surface area contributed by atoms with Gasteiger partial charge >= 0.3 is 6.09 Å². The number of hydrogen-bond acceptors (Lipinski definition) is 5. The molecule has 0 aliphatic carbocycles. The minimum absolute atomic E-state index is 0. The number of nitrogens with two attached hydrogens (primary N) is 1. The number of aromatic nitrogens is 1. The zero-order valence-electron chi connectivity index (χ0n) is 18.5. The van der Waals surface area contributed by atoms with E-state index in [0.29, 0.717) is 43.8 Å². The lowest BCUT2D eigenvalue weighted by atomic mass is 10.2. The number of guanidine groups is 1. The van der Waals surface area contributed by atoms with Crippen LogP contribution in [-0.2, 0) is 11.3 Å². The van der Waals surface area contributed by atoms with Gasteiger partial charge in [-0.3, -0.25) is 0 Å². The number of aliphatic imine (C=N–C) groups is 1. The maximum absolute atomic E-state index is 13.4. The zero-order chi connectivity index (χ0) is 22.4. The highest BCUT2D eigenvalue weighted by Crippen LogP contribution is 2.24. The van der Waals surface area contributed by atoms with Crippen LogP contribution < -0.4 is 10.5 Å². The fraction of sp³-hybridized carbons (Fsp3) is 0.409. The van der Waals surface area contributed by atoms with Crippen molar-refractivity contribution in [2.75, 3.05) is 26.2 Å². The lowest BCUT2D eigenvalue weighted by Crippen LogP contribution is -2.53. The second kappa shape index (κ2) is 11.3. The summed E-state index contributed by atoms with van der Waals surface area (Å²) < 4.78 is 24.5. The van der Waals surface area contributed by atoms with Crippen LogP contribution >= 0.6 is 24.0 Å². The van der Waals surface area contributed by atoms with E-state index < -0.39 is 5.60 Å². The normalized spacial score (nSPS) is 14.6. The predicted molar refractivity (Wildman–Crippen MR) is 131 cm³/mol. The molecule has 1 aliphatic rings. The molecule has 0 unspecified atom stereocenters. The van der Waals surface area contributed by atoms with Crippen LogP contribution in [0.5, 0.6) is 11.6 Å². The number of amides is 1. The summed E-state index contributed by atoms with van der Waals surface area (Å²) in [6, 6.07) is 9.47. The molecule has 1 aliphatic heterocycles. The first kappa shape index (κ1) is 25.6. The van der Waals surface area contributed by atoms with Crippen molar-refractivity contribution in [2.24, 2.45) is 10.7 Å². The van der Waals surface area contributed by atoms with E-state index in [1.54, 1.807) is 29.3 Å². The molecule has 3 rings (SSSR count). The van der Waals surface area contributed by atoms with Crippen molar-refractivity contribution in [3.05, 3.63) is 54.0 Å². The Labute approximate surface area is 204 Å². The van der Waals surface area contributed by atoms with Crippen LogP contribution in [0.2, 0.25) is 0 Å². The Morgan fingerprint density at radius 2 is 1.84 bits per heavy atom. The number of benzene rings is 1. The van der Waals surface area contributed by atoms with Crippen molar-refractivity contribution in [1.82, 2.24) is 14.8 Å². The second-order valence-corrected chi connectivity index (χ2v) is 8.16. The average molecular weight is 557 g/mol. The summed E-state index contributed by atoms with van der Waals surface area (Å²) in [6.45, 7) is 7.93. The first-order chi connectivity index (χ1) is 14.7. The van der Waals surface area contributed by atoms with Gasteiger partial charge in [0.05, 0.1) is 6.54 Å². The molecule has 2 N–H and O–H groups in total. The van der Waals surface area contributed by atoms with Gasteiger partial charge in [0.1, 0.15) is 17.2 Å². The first-order valence-electron chi connectivity index (χ1n) is 10.1. The molecule has 0 saturated carbocycles. The van der Waals surface area contributed by atoms with E-state index in [4.69, 9.17) is 15.2 Å². The number of carbonyl (C=O) groups is 1. The van der Waals surface area contributed by atoms with Crippen molar-refractivity contribution < 1.29 is 18.7 Å². The Hall–Kier alpha value is -2.63. The molecule has 0 spiro atoms. The van der Waals surface area contributed by atoms with E-state index in [-0.39, 0.29) is 42.4 Å². The lowest BCUT2D eigenvalue weighted by molar-refractivity contribution is 0.0186. The van der Waals surface area contributed by atoms with E-state index in [9.17, 15) is 9.18 Å². The van der Waals surface area contributed by atoms with Crippen molar-refractivity contribution in [2.45, 2.75) is 32.9 Å². The van der Waals surface area contributed by atoms with E-state index >= 15 is 0 Å². The minimum Gasteiger partial charge on any atom is -0.444 e. The van der Waals surface area contributed by atoms with Crippen LogP contribution in [0.15, 0.2) is 47.6 Å². The third-order valence-electron chi connectivity index (χ3n) is 4.53. The molecule has 1 saturated heterocycles. The maximum Gasteiger partial charge on any atom is 0.410 e. The molecule has 8 nitrogen and oxygen atoms in total. The summed E-state index contributed by atoms with van der Waals surface area (Å²) >= 11 is 0. The number of ether oxygens (including phenoxy) is 2. The van der Waals surface area contributed by atoms with Gasteiger partial charge in [0.15, 0.2) is 5.96 Å². The molecule has 1 aromatic carbocycles. The van der Waals surface area contributed by atoms with E-state index in [2.05, 4.69) is 9.98 Å². The predicted octanol–water partition coefficient (Wildman–Crippen LogP) is 4.00. The van der Waals surface area contributed by atoms with Crippen LogP contribution in [-0.4, -0.2) is 58.6 Å². The Balaban J connectivity index is 0.00000363. The van der Waals surface area contributed by atoms with Crippen LogP contribution in [0.1, 0.15) is 26.3 Å². The van der Waals surface area contributed by atoms with E-state index in [0.717, 1.165) is 5.56 Å². The summed E-state index contributed by atoms with van der Waals surface area (Å²) in [5.74, 6) is 0.696. The van der Waals surface area contributed by atoms with Gasteiger partial charge in [-0.25, -0.2) is 19.2 Å². The van der Waals surface area contributed by atoms with Gasteiger partial charge in [0.25, 0.3) is 0 Å². The maximum atomic E-state index is 13.4. The largest absolute Gasteiger partial charge is 0.444 e. The molecule has 2 heterocycles. The fourth-order valence-electron chi connectivity index (χ4n) is 2.99. The van der Waals surface area contributed by atoms with Gasteiger partial charge in [-0.15, -0.1) is 24.0 Å². The number of carbonyl (C=O) groups excluding carboxylic acids is 1. The summed E-state index contributed by atoms with van der Waals surface area (Å²) in [7, 11) is 0. The molecule has 2 aromatic rings. The van der Waals surface area contributed by atoms with Crippen molar-refractivity contribution in [3.8, 4) is 11.6 Å². The van der Waals surface area contributed by atoms with Crippen LogP contribution in [0.3, 0.4) is 0 Å². The van der Waals surface area contributed by atoms with Crippen molar-refractivity contribution in [3.63, 3.8) is 0 Å². The van der Waals surface area contributed by atoms with Crippen molar-refractivity contribution in [1.29, 1.82) is 0 Å². The lowest BCUT2D eigenvalue weighted by Gasteiger charge is -2.36. The smallest absolute Gasteiger partial charge is 0.410 e. The molecule has 0 radical (unpaired) electrons. The monoisotopic (exact) mass is 557 g/mol. The molecule has 32 heavy (non-hydrogen) atoms. The Morgan fingerprint density at radius 1 is 1.16 bits per heavy atom. The average Bonchev–Trinajstić information content (AvgIpc) is 2.72. The third-order valence-corrected chi connectivity index (χ3v) is 4.53. The van der Waals surface area contributed by atoms with E-state index in [1.165, 1.54) is 12.1 Å². The van der Waals surface area contributed by atoms with Gasteiger partial charge in [0, 0.05) is 44.0 Å². The number of halogens is 2. The molecule has 1 aromatic heterocycles. The highest BCUT2D eigenvalue weighted by Gasteiger charge is 2.26. The molecule has 1 fully saturated rings. The minimum atomic E-state index is -0.524. The number of hydrogen-bond donors (Lipinski definition) is 1. The fourth-order valence-corrected chi connectivity index (χ4v) is 2.99. The van der Waals surface area contributed by atoms with Gasteiger partial charge < -0.3 is 25.0 Å². The number of nitrogens with zero attached hydrogens (tertiary/aromatic N) is 4. The summed E-state index contributed by atoms with van der Waals surface area (Å²) in [4.78, 5) is 24.5. The molecular formula is C22H29FIN5O3. The Morgan fingerprint density at radius 3 is 2.50 bits per heavy atom. The van der Waals surface area contributed by atoms with Crippen LogP contribution in [0.25, 0.3) is 0 Å². The van der Waals surface area contributed by atoms with Gasteiger partial charge in [0.2, 0.25) is 5.88 Å². The van der Waals surface area contributed by atoms with Crippen molar-refractivity contribution >= 4 is 36.0 Å². The van der Waals surface area contributed by atoms with Gasteiger partial charge in [-0.1, -0.05) is 12.1 Å². The Bertz CT molecular complexity index is 943. The van der Waals surface area contributed by atoms with E-state index in [1.807, 2.05) is 31.7 Å².